The molecule has 0 saturated heterocycles. The fourth-order valence-corrected chi connectivity index (χ4v) is 8.80. The van der Waals surface area contributed by atoms with Gasteiger partial charge in [0.25, 0.3) is 0 Å². The van der Waals surface area contributed by atoms with Gasteiger partial charge in [0.1, 0.15) is 6.07 Å². The van der Waals surface area contributed by atoms with Crippen molar-refractivity contribution in [3.05, 3.63) is 164 Å². The van der Waals surface area contributed by atoms with Crippen LogP contribution in [0.15, 0.2) is 159 Å². The highest BCUT2D eigenvalue weighted by atomic mass is 32.1. The van der Waals surface area contributed by atoms with Gasteiger partial charge in [-0.25, -0.2) is 0 Å². The predicted molar refractivity (Wildman–Crippen MR) is 211 cm³/mol. The number of para-hydroxylation sites is 1. The van der Waals surface area contributed by atoms with Crippen LogP contribution in [-0.2, 0) is 0 Å². The molecule has 0 bridgehead atoms. The van der Waals surface area contributed by atoms with Crippen LogP contribution in [-0.4, -0.2) is 24.5 Å². The predicted octanol–water partition coefficient (Wildman–Crippen LogP) is 11.3. The van der Waals surface area contributed by atoms with E-state index in [2.05, 4.69) is 103 Å². The first-order chi connectivity index (χ1) is 25.8. The monoisotopic (exact) mass is 682 g/mol. The first-order valence-electron chi connectivity index (χ1n) is 16.9. The standard InChI is InChI=1S/C45H26N6S/c46-23-36-41(28-9-5-17-47-24-28)43(30-11-7-19-49-26-30)45(44(31-12-8-20-50-27-31)42(36)29-10-6-18-48-25-29)51-37-15-3-1-13-32(37)34-21-35-33-14-2-4-16-39(33)52-40(35)22-38(34)51/h1-22,24-27H. The Bertz CT molecular complexity index is 2900. The second-order valence-corrected chi connectivity index (χ2v) is 13.7. The zero-order valence-electron chi connectivity index (χ0n) is 27.6. The van der Waals surface area contributed by atoms with Gasteiger partial charge in [-0.1, -0.05) is 60.7 Å². The van der Waals surface area contributed by atoms with Crippen LogP contribution in [0.1, 0.15) is 5.56 Å². The summed E-state index contributed by atoms with van der Waals surface area (Å²) in [6.07, 6.45) is 14.5. The molecule has 10 aromatic rings. The molecule has 52 heavy (non-hydrogen) atoms. The van der Waals surface area contributed by atoms with Crippen LogP contribution in [0.3, 0.4) is 0 Å². The normalized spacial score (nSPS) is 11.4. The van der Waals surface area contributed by atoms with Gasteiger partial charge < -0.3 is 4.57 Å². The zero-order valence-corrected chi connectivity index (χ0v) is 28.4. The van der Waals surface area contributed by atoms with Crippen molar-refractivity contribution in [2.75, 3.05) is 0 Å². The Balaban J connectivity index is 1.51. The summed E-state index contributed by atoms with van der Waals surface area (Å²) in [6, 6.07) is 40.5. The maximum atomic E-state index is 11.3. The lowest BCUT2D eigenvalue weighted by molar-refractivity contribution is 1.18. The highest BCUT2D eigenvalue weighted by Gasteiger charge is 2.31. The van der Waals surface area contributed by atoms with E-state index in [1.165, 1.54) is 20.2 Å². The van der Waals surface area contributed by atoms with E-state index in [1.54, 1.807) is 36.1 Å². The topological polar surface area (TPSA) is 80.3 Å². The van der Waals surface area contributed by atoms with Crippen LogP contribution in [0.2, 0.25) is 0 Å². The first kappa shape index (κ1) is 29.9. The fourth-order valence-electron chi connectivity index (χ4n) is 7.68. The summed E-state index contributed by atoms with van der Waals surface area (Å²) in [4.78, 5) is 18.3. The number of benzene rings is 4. The molecule has 0 spiro atoms. The molecular weight excluding hydrogens is 657 g/mol. The van der Waals surface area contributed by atoms with Gasteiger partial charge in [0.15, 0.2) is 0 Å². The molecule has 6 nitrogen and oxygen atoms in total. The number of hydrogen-bond donors (Lipinski definition) is 0. The summed E-state index contributed by atoms with van der Waals surface area (Å²) >= 11 is 1.80. The molecule has 6 heterocycles. The highest BCUT2D eigenvalue weighted by molar-refractivity contribution is 7.25. The summed E-state index contributed by atoms with van der Waals surface area (Å²) in [5.74, 6) is 0. The number of aromatic nitrogens is 5. The minimum Gasteiger partial charge on any atom is -0.308 e. The second kappa shape index (κ2) is 12.1. The van der Waals surface area contributed by atoms with E-state index in [1.807, 2.05) is 61.2 Å². The van der Waals surface area contributed by atoms with Crippen molar-refractivity contribution in [2.24, 2.45) is 0 Å². The Morgan fingerprint density at radius 1 is 0.462 bits per heavy atom. The van der Waals surface area contributed by atoms with Crippen molar-refractivity contribution >= 4 is 53.3 Å². The van der Waals surface area contributed by atoms with Gasteiger partial charge in [0, 0.05) is 125 Å². The van der Waals surface area contributed by atoms with Crippen molar-refractivity contribution < 1.29 is 0 Å². The number of nitriles is 1. The minimum absolute atomic E-state index is 0.523. The Hall–Kier alpha value is -7.01. The Morgan fingerprint density at radius 3 is 1.52 bits per heavy atom. The molecule has 0 atom stereocenters. The molecule has 0 fully saturated rings. The van der Waals surface area contributed by atoms with Crippen molar-refractivity contribution in [3.63, 3.8) is 0 Å². The van der Waals surface area contributed by atoms with Gasteiger partial charge in [-0.15, -0.1) is 11.3 Å². The van der Waals surface area contributed by atoms with Crippen molar-refractivity contribution in [1.29, 1.82) is 5.26 Å². The van der Waals surface area contributed by atoms with Crippen LogP contribution in [0.25, 0.3) is 92.2 Å². The molecule has 0 amide bonds. The molecule has 6 aromatic heterocycles. The fraction of sp³-hybridized carbons (Fsp3) is 0. The van der Waals surface area contributed by atoms with Crippen LogP contribution in [0, 0.1) is 11.3 Å². The van der Waals surface area contributed by atoms with Gasteiger partial charge in [-0.3, -0.25) is 19.9 Å². The number of fused-ring (bicyclic) bond motifs is 6. The SMILES string of the molecule is N#Cc1c(-c2cccnc2)c(-c2cccnc2)c(-n2c3ccccc3c3cc4c(cc32)sc2ccccc24)c(-c2cccnc2)c1-c1cccnc1. The number of thiophene rings is 1. The molecule has 0 aliphatic heterocycles. The molecule has 7 heteroatoms. The van der Waals surface area contributed by atoms with Crippen molar-refractivity contribution in [1.82, 2.24) is 24.5 Å². The molecule has 0 aliphatic rings. The Kier molecular flexibility index (Phi) is 6.95. The van der Waals surface area contributed by atoms with E-state index < -0.39 is 0 Å². The molecule has 0 unspecified atom stereocenters. The number of rotatable bonds is 5. The highest BCUT2D eigenvalue weighted by Crippen LogP contribution is 2.52. The van der Waals surface area contributed by atoms with Crippen LogP contribution < -0.4 is 0 Å². The lowest BCUT2D eigenvalue weighted by Gasteiger charge is -2.26. The maximum Gasteiger partial charge on any atom is 0.100 e. The average molecular weight is 683 g/mol. The first-order valence-corrected chi connectivity index (χ1v) is 17.7. The smallest absolute Gasteiger partial charge is 0.100 e. The van der Waals surface area contributed by atoms with Crippen LogP contribution >= 0.6 is 11.3 Å². The van der Waals surface area contributed by atoms with E-state index in [4.69, 9.17) is 0 Å². The summed E-state index contributed by atoms with van der Waals surface area (Å²) in [7, 11) is 0. The van der Waals surface area contributed by atoms with Gasteiger partial charge >= 0.3 is 0 Å². The molecule has 242 valence electrons. The molecule has 4 aromatic carbocycles. The third-order valence-corrected chi connectivity index (χ3v) is 10.9. The molecule has 0 radical (unpaired) electrons. The minimum atomic E-state index is 0.523. The quantitative estimate of drug-likeness (QED) is 0.180. The number of pyridine rings is 4. The van der Waals surface area contributed by atoms with E-state index in [0.29, 0.717) is 5.56 Å². The lowest BCUT2D eigenvalue weighted by atomic mass is 9.80. The third kappa shape index (κ3) is 4.56. The van der Waals surface area contributed by atoms with E-state index in [-0.39, 0.29) is 0 Å². The summed E-state index contributed by atoms with van der Waals surface area (Å²) in [5.41, 5.74) is 10.3. The molecular formula is C45H26N6S. The number of hydrogen-bond acceptors (Lipinski definition) is 6. The van der Waals surface area contributed by atoms with E-state index >= 15 is 0 Å². The van der Waals surface area contributed by atoms with Crippen molar-refractivity contribution in [2.45, 2.75) is 0 Å². The van der Waals surface area contributed by atoms with Crippen LogP contribution in [0.4, 0.5) is 0 Å². The summed E-state index contributed by atoms with van der Waals surface area (Å²) in [5, 5.41) is 16.1. The summed E-state index contributed by atoms with van der Waals surface area (Å²) in [6.45, 7) is 0. The molecule has 0 N–H and O–H groups in total. The zero-order chi connectivity index (χ0) is 34.6. The van der Waals surface area contributed by atoms with Gasteiger partial charge in [0.05, 0.1) is 22.3 Å². The maximum absolute atomic E-state index is 11.3. The third-order valence-electron chi connectivity index (χ3n) is 9.78. The summed E-state index contributed by atoms with van der Waals surface area (Å²) < 4.78 is 4.85. The molecule has 0 aliphatic carbocycles. The van der Waals surface area contributed by atoms with Crippen LogP contribution in [0.5, 0.6) is 0 Å². The van der Waals surface area contributed by atoms with E-state index in [0.717, 1.165) is 72.0 Å². The Labute approximate surface area is 302 Å². The Morgan fingerprint density at radius 2 is 0.981 bits per heavy atom. The van der Waals surface area contributed by atoms with Gasteiger partial charge in [-0.2, -0.15) is 5.26 Å². The molecule has 0 saturated carbocycles. The lowest BCUT2D eigenvalue weighted by Crippen LogP contribution is -2.07. The molecule has 10 rings (SSSR count). The van der Waals surface area contributed by atoms with E-state index in [9.17, 15) is 5.26 Å². The van der Waals surface area contributed by atoms with Crippen molar-refractivity contribution in [3.8, 4) is 56.3 Å². The number of nitrogens with zero attached hydrogens (tertiary/aromatic N) is 6. The second-order valence-electron chi connectivity index (χ2n) is 12.6. The largest absolute Gasteiger partial charge is 0.308 e. The average Bonchev–Trinajstić information content (AvgIpc) is 3.74. The van der Waals surface area contributed by atoms with Gasteiger partial charge in [0.2, 0.25) is 0 Å². The van der Waals surface area contributed by atoms with Gasteiger partial charge in [-0.05, 0) is 48.5 Å².